The number of nitrogens with one attached hydrogen (secondary N) is 1. The SMILES string of the molecule is O=C(O)Cc1nc2c(c(=O)[nH]1)CCCCC2. The second kappa shape index (κ2) is 4.47. The van der Waals surface area contributed by atoms with Crippen LogP contribution in [0.4, 0.5) is 0 Å². The first-order chi connectivity index (χ1) is 7.66. The summed E-state index contributed by atoms with van der Waals surface area (Å²) in [7, 11) is 0. The average Bonchev–Trinajstić information content (AvgIpc) is 2.41. The number of carboxylic acid groups (broad SMARTS) is 1. The van der Waals surface area contributed by atoms with Crippen molar-refractivity contribution in [2.75, 3.05) is 0 Å². The summed E-state index contributed by atoms with van der Waals surface area (Å²) in [5.41, 5.74) is 1.37. The molecule has 0 atom stereocenters. The average molecular weight is 222 g/mol. The van der Waals surface area contributed by atoms with Gasteiger partial charge in [0.05, 0.1) is 5.69 Å². The van der Waals surface area contributed by atoms with Crippen molar-refractivity contribution < 1.29 is 9.90 Å². The minimum Gasteiger partial charge on any atom is -0.481 e. The van der Waals surface area contributed by atoms with Gasteiger partial charge in [0.1, 0.15) is 12.2 Å². The number of H-pyrrole nitrogens is 1. The summed E-state index contributed by atoms with van der Waals surface area (Å²) in [6, 6.07) is 0. The Balaban J connectivity index is 2.39. The Bertz CT molecular complexity index is 465. The first-order valence-electron chi connectivity index (χ1n) is 5.49. The predicted molar refractivity (Wildman–Crippen MR) is 57.5 cm³/mol. The molecule has 1 heterocycles. The van der Waals surface area contributed by atoms with E-state index in [-0.39, 0.29) is 17.8 Å². The molecule has 0 aromatic carbocycles. The lowest BCUT2D eigenvalue weighted by molar-refractivity contribution is -0.136. The quantitative estimate of drug-likeness (QED) is 0.720. The van der Waals surface area contributed by atoms with E-state index < -0.39 is 5.97 Å². The van der Waals surface area contributed by atoms with E-state index in [4.69, 9.17) is 5.11 Å². The monoisotopic (exact) mass is 222 g/mol. The van der Waals surface area contributed by atoms with Crippen molar-refractivity contribution in [3.8, 4) is 0 Å². The zero-order valence-electron chi connectivity index (χ0n) is 8.95. The molecule has 0 bridgehead atoms. The predicted octanol–water partition coefficient (Wildman–Crippen LogP) is 0.666. The topological polar surface area (TPSA) is 83.0 Å². The number of aromatic nitrogens is 2. The Morgan fingerprint density at radius 3 is 2.81 bits per heavy atom. The Kier molecular flexibility index (Phi) is 3.03. The maximum atomic E-state index is 11.7. The number of rotatable bonds is 2. The summed E-state index contributed by atoms with van der Waals surface area (Å²) in [6.07, 6.45) is 4.45. The van der Waals surface area contributed by atoms with Crippen LogP contribution in [0.2, 0.25) is 0 Å². The molecule has 0 saturated heterocycles. The van der Waals surface area contributed by atoms with Crippen LogP contribution < -0.4 is 5.56 Å². The molecule has 16 heavy (non-hydrogen) atoms. The fourth-order valence-corrected chi connectivity index (χ4v) is 2.06. The number of aromatic amines is 1. The third-order valence-corrected chi connectivity index (χ3v) is 2.81. The van der Waals surface area contributed by atoms with Gasteiger partial charge in [-0.05, 0) is 25.7 Å². The molecule has 0 aliphatic heterocycles. The Hall–Kier alpha value is -1.65. The van der Waals surface area contributed by atoms with E-state index in [0.717, 1.165) is 43.4 Å². The van der Waals surface area contributed by atoms with Gasteiger partial charge in [0.25, 0.3) is 5.56 Å². The van der Waals surface area contributed by atoms with Crippen LogP contribution in [0.1, 0.15) is 36.3 Å². The van der Waals surface area contributed by atoms with Gasteiger partial charge in [0.15, 0.2) is 0 Å². The number of nitrogens with zero attached hydrogens (tertiary/aromatic N) is 1. The second-order valence-electron chi connectivity index (χ2n) is 4.07. The largest absolute Gasteiger partial charge is 0.481 e. The van der Waals surface area contributed by atoms with E-state index in [1.807, 2.05) is 0 Å². The molecule has 1 aliphatic carbocycles. The summed E-state index contributed by atoms with van der Waals surface area (Å²) in [5, 5.41) is 8.66. The molecule has 5 heteroatoms. The number of hydrogen-bond acceptors (Lipinski definition) is 3. The van der Waals surface area contributed by atoms with E-state index in [1.54, 1.807) is 0 Å². The van der Waals surface area contributed by atoms with Crippen molar-refractivity contribution in [2.24, 2.45) is 0 Å². The molecule has 0 radical (unpaired) electrons. The zero-order valence-corrected chi connectivity index (χ0v) is 8.95. The van der Waals surface area contributed by atoms with Crippen LogP contribution in [0.15, 0.2) is 4.79 Å². The molecule has 1 aromatic rings. The normalized spacial score (nSPS) is 15.2. The molecular formula is C11H14N2O3. The van der Waals surface area contributed by atoms with Gasteiger partial charge in [0, 0.05) is 5.56 Å². The number of hydrogen-bond donors (Lipinski definition) is 2. The lowest BCUT2D eigenvalue weighted by Crippen LogP contribution is -2.21. The number of carbonyl (C=O) groups is 1. The van der Waals surface area contributed by atoms with Crippen LogP contribution in [0.25, 0.3) is 0 Å². The van der Waals surface area contributed by atoms with Gasteiger partial charge in [-0.15, -0.1) is 0 Å². The van der Waals surface area contributed by atoms with E-state index in [1.165, 1.54) is 0 Å². The van der Waals surface area contributed by atoms with Crippen LogP contribution in [-0.4, -0.2) is 21.0 Å². The Labute approximate surface area is 92.5 Å². The van der Waals surface area contributed by atoms with Crippen molar-refractivity contribution in [3.63, 3.8) is 0 Å². The highest BCUT2D eigenvalue weighted by Crippen LogP contribution is 2.15. The molecule has 0 amide bonds. The first kappa shape index (κ1) is 10.9. The third kappa shape index (κ3) is 2.29. The van der Waals surface area contributed by atoms with Crippen molar-refractivity contribution in [1.29, 1.82) is 0 Å². The van der Waals surface area contributed by atoms with Crippen LogP contribution in [0.5, 0.6) is 0 Å². The van der Waals surface area contributed by atoms with Gasteiger partial charge >= 0.3 is 5.97 Å². The third-order valence-electron chi connectivity index (χ3n) is 2.81. The lowest BCUT2D eigenvalue weighted by atomic mass is 10.1. The molecule has 5 nitrogen and oxygen atoms in total. The van der Waals surface area contributed by atoms with Crippen molar-refractivity contribution in [3.05, 3.63) is 27.4 Å². The summed E-state index contributed by atoms with van der Waals surface area (Å²) >= 11 is 0. The van der Waals surface area contributed by atoms with Gasteiger partial charge in [-0.25, -0.2) is 4.98 Å². The maximum absolute atomic E-state index is 11.7. The minimum absolute atomic E-state index is 0.164. The number of aryl methyl sites for hydroxylation is 1. The summed E-state index contributed by atoms with van der Waals surface area (Å²) in [5.74, 6) is -0.713. The highest BCUT2D eigenvalue weighted by molar-refractivity contribution is 5.68. The van der Waals surface area contributed by atoms with Gasteiger partial charge in [-0.3, -0.25) is 9.59 Å². The molecule has 0 saturated carbocycles. The van der Waals surface area contributed by atoms with Crippen LogP contribution >= 0.6 is 0 Å². The van der Waals surface area contributed by atoms with E-state index in [0.29, 0.717) is 0 Å². The minimum atomic E-state index is -0.975. The number of carboxylic acids is 1. The Morgan fingerprint density at radius 2 is 2.06 bits per heavy atom. The smallest absolute Gasteiger partial charge is 0.311 e. The fraction of sp³-hybridized carbons (Fsp3) is 0.545. The summed E-state index contributed by atoms with van der Waals surface area (Å²) in [4.78, 5) is 29.1. The standard InChI is InChI=1S/C11H14N2O3/c14-10(15)6-9-12-8-5-3-1-2-4-7(8)11(16)13-9/h1-6H2,(H,14,15)(H,12,13,16). The summed E-state index contributed by atoms with van der Waals surface area (Å²) in [6.45, 7) is 0. The molecule has 0 unspecified atom stereocenters. The second-order valence-corrected chi connectivity index (χ2v) is 4.07. The zero-order chi connectivity index (χ0) is 11.5. The molecule has 2 rings (SSSR count). The van der Waals surface area contributed by atoms with Gasteiger partial charge in [-0.2, -0.15) is 0 Å². The molecule has 2 N–H and O–H groups in total. The van der Waals surface area contributed by atoms with E-state index >= 15 is 0 Å². The number of aliphatic carboxylic acids is 1. The Morgan fingerprint density at radius 1 is 1.31 bits per heavy atom. The summed E-state index contributed by atoms with van der Waals surface area (Å²) < 4.78 is 0. The van der Waals surface area contributed by atoms with Gasteiger partial charge in [-0.1, -0.05) is 6.42 Å². The van der Waals surface area contributed by atoms with E-state index in [9.17, 15) is 9.59 Å². The van der Waals surface area contributed by atoms with Crippen molar-refractivity contribution in [1.82, 2.24) is 9.97 Å². The first-order valence-corrected chi connectivity index (χ1v) is 5.49. The molecule has 0 spiro atoms. The van der Waals surface area contributed by atoms with Gasteiger partial charge in [0.2, 0.25) is 0 Å². The van der Waals surface area contributed by atoms with E-state index in [2.05, 4.69) is 9.97 Å². The fourth-order valence-electron chi connectivity index (χ4n) is 2.06. The number of fused-ring (bicyclic) bond motifs is 1. The molecule has 1 aliphatic rings. The maximum Gasteiger partial charge on any atom is 0.311 e. The highest BCUT2D eigenvalue weighted by Gasteiger charge is 2.15. The molecule has 1 aromatic heterocycles. The molecule has 86 valence electrons. The van der Waals surface area contributed by atoms with Crippen LogP contribution in [-0.2, 0) is 24.1 Å². The van der Waals surface area contributed by atoms with Crippen molar-refractivity contribution in [2.45, 2.75) is 38.5 Å². The molecular weight excluding hydrogens is 208 g/mol. The highest BCUT2D eigenvalue weighted by atomic mass is 16.4. The van der Waals surface area contributed by atoms with Crippen LogP contribution in [0, 0.1) is 0 Å². The van der Waals surface area contributed by atoms with Crippen molar-refractivity contribution >= 4 is 5.97 Å². The van der Waals surface area contributed by atoms with Gasteiger partial charge < -0.3 is 10.1 Å². The molecule has 0 fully saturated rings. The van der Waals surface area contributed by atoms with Crippen LogP contribution in [0.3, 0.4) is 0 Å². The lowest BCUT2D eigenvalue weighted by Gasteiger charge is -2.05.